The van der Waals surface area contributed by atoms with E-state index in [-0.39, 0.29) is 11.4 Å². The fraction of sp³-hybridized carbons (Fsp3) is 0.294. The molecule has 0 radical (unpaired) electrons. The van der Waals surface area contributed by atoms with Crippen LogP contribution >= 0.6 is 0 Å². The Balaban J connectivity index is 2.27. The molecule has 0 bridgehead atoms. The monoisotopic (exact) mass is 337 g/mol. The number of nitrogens with one attached hydrogen (secondary N) is 1. The van der Waals surface area contributed by atoms with E-state index in [9.17, 15) is 18.0 Å². The Morgan fingerprint density at radius 2 is 1.83 bits per heavy atom. The Labute approximate surface area is 138 Å². The molecule has 2 aromatic rings. The van der Waals surface area contributed by atoms with Gasteiger partial charge in [0.15, 0.2) is 0 Å². The lowest BCUT2D eigenvalue weighted by Gasteiger charge is -2.21. The van der Waals surface area contributed by atoms with E-state index < -0.39 is 17.6 Å². The van der Waals surface area contributed by atoms with Crippen LogP contribution in [0.3, 0.4) is 0 Å². The number of benzene rings is 1. The summed E-state index contributed by atoms with van der Waals surface area (Å²) in [6.45, 7) is 5.45. The van der Waals surface area contributed by atoms with Crippen LogP contribution in [-0.2, 0) is 6.18 Å². The highest BCUT2D eigenvalue weighted by Crippen LogP contribution is 2.34. The van der Waals surface area contributed by atoms with E-state index in [0.29, 0.717) is 0 Å². The lowest BCUT2D eigenvalue weighted by atomic mass is 10.1. The van der Waals surface area contributed by atoms with E-state index >= 15 is 0 Å². The lowest BCUT2D eigenvalue weighted by Crippen LogP contribution is -2.23. The number of halogens is 3. The maximum absolute atomic E-state index is 13.0. The molecule has 0 unspecified atom stereocenters. The van der Waals surface area contributed by atoms with Gasteiger partial charge in [-0.05, 0) is 38.1 Å². The SMILES string of the molecule is CCN(CC)c1ccnc(C(=O)Nc2ccccc2C(F)(F)F)c1. The van der Waals surface area contributed by atoms with Crippen LogP contribution < -0.4 is 10.2 Å². The number of pyridine rings is 1. The van der Waals surface area contributed by atoms with Crippen LogP contribution in [0.5, 0.6) is 0 Å². The number of rotatable bonds is 5. The van der Waals surface area contributed by atoms with Gasteiger partial charge in [0, 0.05) is 25.0 Å². The number of carbonyl (C=O) groups excluding carboxylic acids is 1. The van der Waals surface area contributed by atoms with E-state index in [1.54, 1.807) is 12.1 Å². The summed E-state index contributed by atoms with van der Waals surface area (Å²) in [5.41, 5.74) is -0.316. The molecule has 1 heterocycles. The molecule has 0 aliphatic rings. The number of nitrogens with zero attached hydrogens (tertiary/aromatic N) is 2. The predicted octanol–water partition coefficient (Wildman–Crippen LogP) is 4.20. The zero-order valence-corrected chi connectivity index (χ0v) is 13.4. The number of hydrogen-bond acceptors (Lipinski definition) is 3. The Bertz CT molecular complexity index is 712. The van der Waals surface area contributed by atoms with Crippen molar-refractivity contribution in [1.29, 1.82) is 0 Å². The first kappa shape index (κ1) is 17.8. The molecular formula is C17H18F3N3O. The maximum Gasteiger partial charge on any atom is 0.418 e. The third kappa shape index (κ3) is 4.04. The summed E-state index contributed by atoms with van der Waals surface area (Å²) in [6, 6.07) is 8.18. The van der Waals surface area contributed by atoms with Gasteiger partial charge in [0.1, 0.15) is 5.69 Å². The van der Waals surface area contributed by atoms with Gasteiger partial charge in [-0.2, -0.15) is 13.2 Å². The number of carbonyl (C=O) groups is 1. The van der Waals surface area contributed by atoms with E-state index in [0.717, 1.165) is 24.8 Å². The number of para-hydroxylation sites is 1. The zero-order chi connectivity index (χ0) is 17.7. The van der Waals surface area contributed by atoms with Crippen molar-refractivity contribution in [2.45, 2.75) is 20.0 Å². The first-order chi connectivity index (χ1) is 11.4. The van der Waals surface area contributed by atoms with Crippen molar-refractivity contribution in [2.75, 3.05) is 23.3 Å². The number of anilines is 2. The molecule has 128 valence electrons. The van der Waals surface area contributed by atoms with Gasteiger partial charge < -0.3 is 10.2 Å². The minimum Gasteiger partial charge on any atom is -0.372 e. The highest BCUT2D eigenvalue weighted by atomic mass is 19.4. The molecule has 2 rings (SSSR count). The van der Waals surface area contributed by atoms with Gasteiger partial charge >= 0.3 is 6.18 Å². The lowest BCUT2D eigenvalue weighted by molar-refractivity contribution is -0.136. The number of amides is 1. The molecule has 1 aromatic carbocycles. The Kier molecular flexibility index (Phi) is 5.43. The minimum atomic E-state index is -4.54. The molecule has 1 aromatic heterocycles. The van der Waals surface area contributed by atoms with Crippen molar-refractivity contribution in [1.82, 2.24) is 4.98 Å². The molecule has 1 N–H and O–H groups in total. The molecule has 24 heavy (non-hydrogen) atoms. The predicted molar refractivity (Wildman–Crippen MR) is 87.2 cm³/mol. The molecular weight excluding hydrogens is 319 g/mol. The second-order valence-electron chi connectivity index (χ2n) is 5.07. The van der Waals surface area contributed by atoms with Crippen molar-refractivity contribution < 1.29 is 18.0 Å². The largest absolute Gasteiger partial charge is 0.418 e. The Hall–Kier alpha value is -2.57. The minimum absolute atomic E-state index is 0.0661. The van der Waals surface area contributed by atoms with Crippen molar-refractivity contribution in [3.8, 4) is 0 Å². The topological polar surface area (TPSA) is 45.2 Å². The molecule has 7 heteroatoms. The van der Waals surface area contributed by atoms with Crippen LogP contribution in [0.15, 0.2) is 42.6 Å². The average Bonchev–Trinajstić information content (AvgIpc) is 2.56. The van der Waals surface area contributed by atoms with Gasteiger partial charge in [0.2, 0.25) is 0 Å². The molecule has 0 aliphatic carbocycles. The second kappa shape index (κ2) is 7.33. The van der Waals surface area contributed by atoms with Gasteiger partial charge in [-0.25, -0.2) is 0 Å². The Morgan fingerprint density at radius 3 is 2.46 bits per heavy atom. The van der Waals surface area contributed by atoms with Gasteiger partial charge in [0.25, 0.3) is 5.91 Å². The number of alkyl halides is 3. The number of hydrogen-bond donors (Lipinski definition) is 1. The third-order valence-corrected chi connectivity index (χ3v) is 3.59. The second-order valence-corrected chi connectivity index (χ2v) is 5.07. The fourth-order valence-corrected chi connectivity index (χ4v) is 2.35. The van der Waals surface area contributed by atoms with Crippen LogP contribution in [-0.4, -0.2) is 24.0 Å². The van der Waals surface area contributed by atoms with Crippen molar-refractivity contribution in [3.05, 3.63) is 53.9 Å². The normalized spacial score (nSPS) is 11.2. The molecule has 0 aliphatic heterocycles. The Morgan fingerprint density at radius 1 is 1.17 bits per heavy atom. The molecule has 0 atom stereocenters. The quantitative estimate of drug-likeness (QED) is 0.889. The van der Waals surface area contributed by atoms with E-state index in [1.807, 2.05) is 18.7 Å². The summed E-state index contributed by atoms with van der Waals surface area (Å²) in [5.74, 6) is -0.680. The third-order valence-electron chi connectivity index (χ3n) is 3.59. The van der Waals surface area contributed by atoms with Crippen LogP contribution in [0.2, 0.25) is 0 Å². The summed E-state index contributed by atoms with van der Waals surface area (Å²) < 4.78 is 39.0. The van der Waals surface area contributed by atoms with Crippen molar-refractivity contribution >= 4 is 17.3 Å². The summed E-state index contributed by atoms with van der Waals surface area (Å²) in [5, 5.41) is 2.30. The van der Waals surface area contributed by atoms with Crippen LogP contribution in [0, 0.1) is 0 Å². The van der Waals surface area contributed by atoms with E-state index in [1.165, 1.54) is 24.4 Å². The van der Waals surface area contributed by atoms with Gasteiger partial charge in [0.05, 0.1) is 11.3 Å². The summed E-state index contributed by atoms with van der Waals surface area (Å²) in [4.78, 5) is 18.3. The van der Waals surface area contributed by atoms with Gasteiger partial charge in [-0.3, -0.25) is 9.78 Å². The molecule has 0 saturated heterocycles. The molecule has 0 saturated carbocycles. The summed E-state index contributed by atoms with van der Waals surface area (Å²) in [7, 11) is 0. The van der Waals surface area contributed by atoms with Crippen LogP contribution in [0.4, 0.5) is 24.5 Å². The molecule has 0 spiro atoms. The molecule has 4 nitrogen and oxygen atoms in total. The fourth-order valence-electron chi connectivity index (χ4n) is 2.35. The van der Waals surface area contributed by atoms with Gasteiger partial charge in [-0.1, -0.05) is 12.1 Å². The van der Waals surface area contributed by atoms with Gasteiger partial charge in [-0.15, -0.1) is 0 Å². The summed E-state index contributed by atoms with van der Waals surface area (Å²) in [6.07, 6.45) is -3.07. The number of aromatic nitrogens is 1. The standard InChI is InChI=1S/C17H18F3N3O/c1-3-23(4-2)12-9-10-21-15(11-12)16(24)22-14-8-6-5-7-13(14)17(18,19)20/h5-11H,3-4H2,1-2H3,(H,22,24). The first-order valence-electron chi connectivity index (χ1n) is 7.55. The highest BCUT2D eigenvalue weighted by Gasteiger charge is 2.33. The van der Waals surface area contributed by atoms with Crippen molar-refractivity contribution in [3.63, 3.8) is 0 Å². The molecule has 0 fully saturated rings. The zero-order valence-electron chi connectivity index (χ0n) is 13.4. The van der Waals surface area contributed by atoms with Crippen LogP contribution in [0.25, 0.3) is 0 Å². The first-order valence-corrected chi connectivity index (χ1v) is 7.55. The summed E-state index contributed by atoms with van der Waals surface area (Å²) >= 11 is 0. The maximum atomic E-state index is 13.0. The smallest absolute Gasteiger partial charge is 0.372 e. The van der Waals surface area contributed by atoms with E-state index in [4.69, 9.17) is 0 Å². The molecule has 1 amide bonds. The average molecular weight is 337 g/mol. The van der Waals surface area contributed by atoms with Crippen LogP contribution in [0.1, 0.15) is 29.9 Å². The highest BCUT2D eigenvalue weighted by molar-refractivity contribution is 6.03. The van der Waals surface area contributed by atoms with E-state index in [2.05, 4.69) is 10.3 Å². The van der Waals surface area contributed by atoms with Crippen molar-refractivity contribution in [2.24, 2.45) is 0 Å².